The highest BCUT2D eigenvalue weighted by Crippen LogP contribution is 2.33. The quantitative estimate of drug-likeness (QED) is 0.549. The average Bonchev–Trinajstić information content (AvgIpc) is 2.85. The molecule has 0 spiro atoms. The third-order valence-corrected chi connectivity index (χ3v) is 2.43. The Morgan fingerprint density at radius 2 is 1.94 bits per heavy atom. The maximum atomic E-state index is 11.3. The van der Waals surface area contributed by atoms with E-state index in [1.807, 2.05) is 0 Å². The van der Waals surface area contributed by atoms with Crippen molar-refractivity contribution in [3.63, 3.8) is 0 Å². The van der Waals surface area contributed by atoms with Crippen molar-refractivity contribution in [2.24, 2.45) is 0 Å². The number of carbonyl (C=O) groups is 2. The highest BCUT2D eigenvalue weighted by atomic mass is 16.7. The lowest BCUT2D eigenvalue weighted by atomic mass is 10.1. The largest absolute Gasteiger partial charge is 0.454 e. The summed E-state index contributed by atoms with van der Waals surface area (Å²) in [5.74, 6) is 0.865. The van der Waals surface area contributed by atoms with Crippen LogP contribution in [-0.4, -0.2) is 18.7 Å². The molecule has 2 N–H and O–H groups in total. The molecular weight excluding hydrogens is 224 g/mol. The number of carbonyl (C=O) groups excluding carboxylic acids is 2. The lowest BCUT2D eigenvalue weighted by molar-refractivity contribution is -0.115. The first kappa shape index (κ1) is 9.71. The minimum absolute atomic E-state index is 0.201. The van der Waals surface area contributed by atoms with Crippen LogP contribution in [0.1, 0.15) is 5.56 Å². The zero-order valence-corrected chi connectivity index (χ0v) is 8.65. The smallest absolute Gasteiger partial charge is 0.326 e. The molecule has 3 amide bonds. The molecule has 2 aliphatic heterocycles. The van der Waals surface area contributed by atoms with E-state index in [9.17, 15) is 9.59 Å². The van der Waals surface area contributed by atoms with Crippen LogP contribution in [0, 0.1) is 0 Å². The molecule has 2 heterocycles. The lowest BCUT2D eigenvalue weighted by Crippen LogP contribution is -2.22. The molecule has 1 fully saturated rings. The summed E-state index contributed by atoms with van der Waals surface area (Å²) < 4.78 is 10.4. The van der Waals surface area contributed by atoms with Gasteiger partial charge in [-0.05, 0) is 23.8 Å². The van der Waals surface area contributed by atoms with Crippen molar-refractivity contribution in [2.45, 2.75) is 0 Å². The maximum Gasteiger partial charge on any atom is 0.326 e. The summed E-state index contributed by atoms with van der Waals surface area (Å²) in [4.78, 5) is 22.2. The van der Waals surface area contributed by atoms with Crippen LogP contribution in [0.25, 0.3) is 6.08 Å². The Morgan fingerprint density at radius 3 is 2.71 bits per heavy atom. The Kier molecular flexibility index (Phi) is 2.01. The molecule has 0 unspecified atom stereocenters. The van der Waals surface area contributed by atoms with Crippen LogP contribution < -0.4 is 20.1 Å². The van der Waals surface area contributed by atoms with Crippen LogP contribution in [0.2, 0.25) is 0 Å². The van der Waals surface area contributed by atoms with E-state index in [0.29, 0.717) is 11.5 Å². The summed E-state index contributed by atoms with van der Waals surface area (Å²) in [7, 11) is 0. The summed E-state index contributed by atoms with van der Waals surface area (Å²) in [6.07, 6.45) is 1.57. The van der Waals surface area contributed by atoms with Gasteiger partial charge in [-0.15, -0.1) is 0 Å². The van der Waals surface area contributed by atoms with Crippen molar-refractivity contribution >= 4 is 18.0 Å². The van der Waals surface area contributed by atoms with E-state index in [2.05, 4.69) is 10.6 Å². The summed E-state index contributed by atoms with van der Waals surface area (Å²) in [6.45, 7) is 0.201. The molecule has 0 aromatic heterocycles. The van der Waals surface area contributed by atoms with Gasteiger partial charge < -0.3 is 14.8 Å². The van der Waals surface area contributed by atoms with Crippen LogP contribution in [0.5, 0.6) is 11.5 Å². The highest BCUT2D eigenvalue weighted by Gasteiger charge is 2.23. The Balaban J connectivity index is 1.93. The Morgan fingerprint density at radius 1 is 1.12 bits per heavy atom. The van der Waals surface area contributed by atoms with Crippen molar-refractivity contribution in [3.05, 3.63) is 29.5 Å². The summed E-state index contributed by atoms with van der Waals surface area (Å²) in [5, 5.41) is 4.54. The van der Waals surface area contributed by atoms with Gasteiger partial charge in [-0.2, -0.15) is 0 Å². The fraction of sp³-hybridized carbons (Fsp3) is 0.0909. The highest BCUT2D eigenvalue weighted by molar-refractivity contribution is 6.13. The second-order valence-corrected chi connectivity index (χ2v) is 3.58. The standard InChI is InChI=1S/C11H8N2O4/c14-10-7(12-11(15)13-10)3-6-1-2-8-9(4-6)17-5-16-8/h1-4H,5H2,(H2,12,13,14,15)/b7-3-. The molecule has 3 rings (SSSR count). The zero-order valence-electron chi connectivity index (χ0n) is 8.65. The van der Waals surface area contributed by atoms with Crippen LogP contribution in [0.4, 0.5) is 4.79 Å². The molecule has 1 saturated heterocycles. The third-order valence-electron chi connectivity index (χ3n) is 2.43. The van der Waals surface area contributed by atoms with Crippen molar-refractivity contribution in [1.29, 1.82) is 0 Å². The third kappa shape index (κ3) is 1.69. The number of urea groups is 1. The Bertz CT molecular complexity index is 550. The first-order valence-electron chi connectivity index (χ1n) is 4.96. The van der Waals surface area contributed by atoms with Crippen LogP contribution >= 0.6 is 0 Å². The molecule has 0 saturated carbocycles. The molecule has 1 aromatic rings. The molecule has 2 aliphatic rings. The number of fused-ring (bicyclic) bond motifs is 1. The Hall–Kier alpha value is -2.50. The monoisotopic (exact) mass is 232 g/mol. The van der Waals surface area contributed by atoms with Gasteiger partial charge in [-0.1, -0.05) is 6.07 Å². The molecule has 0 bridgehead atoms. The number of amides is 3. The van der Waals surface area contributed by atoms with Crippen LogP contribution in [0.3, 0.4) is 0 Å². The number of imide groups is 1. The second-order valence-electron chi connectivity index (χ2n) is 3.58. The minimum atomic E-state index is -0.512. The van der Waals surface area contributed by atoms with Gasteiger partial charge >= 0.3 is 6.03 Å². The normalized spacial score (nSPS) is 19.4. The first-order chi connectivity index (χ1) is 8.22. The van der Waals surface area contributed by atoms with Crippen molar-refractivity contribution in [1.82, 2.24) is 10.6 Å². The number of hydrogen-bond donors (Lipinski definition) is 2. The molecule has 6 nitrogen and oxygen atoms in total. The van der Waals surface area contributed by atoms with E-state index < -0.39 is 11.9 Å². The van der Waals surface area contributed by atoms with E-state index in [1.165, 1.54) is 0 Å². The number of ether oxygens (including phenoxy) is 2. The van der Waals surface area contributed by atoms with E-state index >= 15 is 0 Å². The predicted octanol–water partition coefficient (Wildman–Crippen LogP) is 0.596. The maximum absolute atomic E-state index is 11.3. The number of hydrogen-bond acceptors (Lipinski definition) is 4. The summed E-state index contributed by atoms with van der Waals surface area (Å²) in [6, 6.07) is 4.76. The van der Waals surface area contributed by atoms with Gasteiger partial charge in [0.05, 0.1) is 0 Å². The van der Waals surface area contributed by atoms with Gasteiger partial charge in [0.25, 0.3) is 5.91 Å². The van der Waals surface area contributed by atoms with Crippen molar-refractivity contribution < 1.29 is 19.1 Å². The van der Waals surface area contributed by atoms with E-state index in [-0.39, 0.29) is 12.5 Å². The zero-order chi connectivity index (χ0) is 11.8. The lowest BCUT2D eigenvalue weighted by Gasteiger charge is -1.98. The molecule has 1 aromatic carbocycles. The molecule has 6 heteroatoms. The Labute approximate surface area is 96.2 Å². The SMILES string of the molecule is O=C1NC(=O)/C(=C/c2ccc3c(c2)OCO3)N1. The number of benzene rings is 1. The van der Waals surface area contributed by atoms with Crippen LogP contribution in [0.15, 0.2) is 23.9 Å². The van der Waals surface area contributed by atoms with E-state index in [4.69, 9.17) is 9.47 Å². The fourth-order valence-electron chi connectivity index (χ4n) is 1.65. The van der Waals surface area contributed by atoms with Crippen molar-refractivity contribution in [3.8, 4) is 11.5 Å². The average molecular weight is 232 g/mol. The van der Waals surface area contributed by atoms with Gasteiger partial charge in [0.15, 0.2) is 11.5 Å². The second kappa shape index (κ2) is 3.51. The first-order valence-corrected chi connectivity index (χ1v) is 4.96. The van der Waals surface area contributed by atoms with Gasteiger partial charge in [-0.3, -0.25) is 10.1 Å². The topological polar surface area (TPSA) is 76.7 Å². The molecule has 0 radical (unpaired) electrons. The van der Waals surface area contributed by atoms with Gasteiger partial charge in [0.2, 0.25) is 6.79 Å². The minimum Gasteiger partial charge on any atom is -0.454 e. The van der Waals surface area contributed by atoms with Crippen molar-refractivity contribution in [2.75, 3.05) is 6.79 Å². The summed E-state index contributed by atoms with van der Waals surface area (Å²) >= 11 is 0. The molecule has 86 valence electrons. The predicted molar refractivity (Wildman–Crippen MR) is 57.2 cm³/mol. The molecule has 0 atom stereocenters. The molecule has 0 aliphatic carbocycles. The molecular formula is C11H8N2O4. The van der Waals surface area contributed by atoms with Gasteiger partial charge in [0.1, 0.15) is 5.70 Å². The molecule has 17 heavy (non-hydrogen) atoms. The van der Waals surface area contributed by atoms with E-state index in [0.717, 1.165) is 5.56 Å². The summed E-state index contributed by atoms with van der Waals surface area (Å²) in [5.41, 5.74) is 0.968. The van der Waals surface area contributed by atoms with E-state index in [1.54, 1.807) is 24.3 Å². The van der Waals surface area contributed by atoms with Gasteiger partial charge in [0, 0.05) is 0 Å². The number of nitrogens with one attached hydrogen (secondary N) is 2. The van der Waals surface area contributed by atoms with Crippen LogP contribution in [-0.2, 0) is 4.79 Å². The fourth-order valence-corrected chi connectivity index (χ4v) is 1.65. The number of rotatable bonds is 1. The van der Waals surface area contributed by atoms with Gasteiger partial charge in [-0.25, -0.2) is 4.79 Å².